The predicted molar refractivity (Wildman–Crippen MR) is 190 cm³/mol. The average Bonchev–Trinajstić information content (AvgIpc) is 3.01. The van der Waals surface area contributed by atoms with Gasteiger partial charge in [0.15, 0.2) is 6.10 Å². The second-order valence-electron chi connectivity index (χ2n) is 14.2. The molecule has 0 radical (unpaired) electrons. The molecule has 0 spiro atoms. The maximum absolute atomic E-state index is 12.6. The van der Waals surface area contributed by atoms with E-state index in [2.05, 4.69) is 26.0 Å². The van der Waals surface area contributed by atoms with E-state index in [1.165, 1.54) is 96.3 Å². The average molecular weight is 668 g/mol. The molecule has 0 aliphatic heterocycles. The number of carbonyl (C=O) groups is 3. The van der Waals surface area contributed by atoms with E-state index in [4.69, 9.17) is 14.2 Å². The smallest absolute Gasteiger partial charge is 0.306 e. The van der Waals surface area contributed by atoms with Crippen LogP contribution in [0.2, 0.25) is 0 Å². The van der Waals surface area contributed by atoms with E-state index in [1.54, 1.807) is 21.1 Å². The predicted octanol–water partition coefficient (Wildman–Crippen LogP) is 8.24. The number of unbranched alkanes of at least 4 members (excludes halogenated alkanes) is 18. The summed E-state index contributed by atoms with van der Waals surface area (Å²) < 4.78 is 17.0. The lowest BCUT2D eigenvalue weighted by molar-refractivity contribution is -0.889. The number of carboxylic acids is 1. The van der Waals surface area contributed by atoms with Crippen LogP contribution in [0.1, 0.15) is 168 Å². The molecule has 0 N–H and O–H groups in total. The molecule has 8 nitrogen and oxygen atoms in total. The molecule has 0 aliphatic rings. The van der Waals surface area contributed by atoms with E-state index in [-0.39, 0.29) is 42.7 Å². The van der Waals surface area contributed by atoms with Gasteiger partial charge in [0.1, 0.15) is 12.6 Å². The first-order valence-electron chi connectivity index (χ1n) is 19.2. The maximum atomic E-state index is 12.6. The number of carboxylic acid groups (broad SMARTS) is 1. The van der Waals surface area contributed by atoms with E-state index in [0.717, 1.165) is 38.5 Å². The minimum atomic E-state index is -1.13. The number of allylic oxidation sites excluding steroid dienone is 2. The molecule has 0 fully saturated rings. The normalized spacial score (nSPS) is 13.1. The quantitative estimate of drug-likeness (QED) is 0.0295. The summed E-state index contributed by atoms with van der Waals surface area (Å²) in [6, 6.07) is -0.720. The molecule has 2 unspecified atom stereocenters. The van der Waals surface area contributed by atoms with Crippen LogP contribution in [0.25, 0.3) is 0 Å². The Bertz CT molecular complexity index is 793. The van der Waals surface area contributed by atoms with Crippen LogP contribution in [-0.4, -0.2) is 75.5 Å². The number of likely N-dealkylation sites (N-methyl/N-ethyl adjacent to an activating group) is 1. The lowest BCUT2D eigenvalue weighted by atomic mass is 10.1. The van der Waals surface area contributed by atoms with E-state index in [0.29, 0.717) is 12.8 Å². The summed E-state index contributed by atoms with van der Waals surface area (Å²) in [5, 5.41) is 11.5. The minimum Gasteiger partial charge on any atom is -0.544 e. The molecule has 0 aromatic carbocycles. The highest BCUT2D eigenvalue weighted by Crippen LogP contribution is 2.13. The third-order valence-corrected chi connectivity index (χ3v) is 8.65. The zero-order valence-electron chi connectivity index (χ0n) is 31.2. The van der Waals surface area contributed by atoms with Crippen molar-refractivity contribution in [1.29, 1.82) is 0 Å². The van der Waals surface area contributed by atoms with Gasteiger partial charge in [0.2, 0.25) is 0 Å². The molecule has 0 saturated carbocycles. The number of carbonyl (C=O) groups excluding carboxylic acids is 3. The van der Waals surface area contributed by atoms with Gasteiger partial charge in [-0.15, -0.1) is 0 Å². The summed E-state index contributed by atoms with van der Waals surface area (Å²) in [6.45, 7) is 4.59. The van der Waals surface area contributed by atoms with Crippen LogP contribution in [0.15, 0.2) is 12.2 Å². The number of nitrogens with zero attached hydrogens (tertiary/aromatic N) is 1. The monoisotopic (exact) mass is 668 g/mol. The highest BCUT2D eigenvalue weighted by Gasteiger charge is 2.25. The van der Waals surface area contributed by atoms with Gasteiger partial charge < -0.3 is 28.6 Å². The molecule has 2 atom stereocenters. The fourth-order valence-corrected chi connectivity index (χ4v) is 5.59. The fraction of sp³-hybridized carbons (Fsp3) is 0.872. The Morgan fingerprint density at radius 3 is 1.53 bits per heavy atom. The van der Waals surface area contributed by atoms with Crippen LogP contribution in [0.5, 0.6) is 0 Å². The minimum absolute atomic E-state index is 0.0428. The SMILES string of the molecule is CCCCCCCC/C=C\CCCCCCCCCC(=O)OC(COCCC(C(=O)[O-])[N+](C)(C)C)COC(=O)CCCCCCCC. The van der Waals surface area contributed by atoms with Gasteiger partial charge in [0, 0.05) is 19.3 Å². The summed E-state index contributed by atoms with van der Waals surface area (Å²) in [6.07, 6.45) is 29.7. The summed E-state index contributed by atoms with van der Waals surface area (Å²) in [7, 11) is 5.39. The number of quaternary nitrogens is 1. The Morgan fingerprint density at radius 2 is 1.06 bits per heavy atom. The Morgan fingerprint density at radius 1 is 0.617 bits per heavy atom. The van der Waals surface area contributed by atoms with Crippen molar-refractivity contribution < 1.29 is 38.2 Å². The second-order valence-corrected chi connectivity index (χ2v) is 14.2. The molecule has 0 saturated heterocycles. The highest BCUT2D eigenvalue weighted by molar-refractivity contribution is 5.70. The summed E-state index contributed by atoms with van der Waals surface area (Å²) >= 11 is 0. The van der Waals surface area contributed by atoms with Crippen LogP contribution in [0.4, 0.5) is 0 Å². The van der Waals surface area contributed by atoms with Crippen LogP contribution < -0.4 is 5.11 Å². The highest BCUT2D eigenvalue weighted by atomic mass is 16.6. The van der Waals surface area contributed by atoms with E-state index >= 15 is 0 Å². The Balaban J connectivity index is 4.29. The number of rotatable bonds is 34. The van der Waals surface area contributed by atoms with Crippen molar-refractivity contribution >= 4 is 17.9 Å². The van der Waals surface area contributed by atoms with Gasteiger partial charge in [0.05, 0.1) is 40.3 Å². The van der Waals surface area contributed by atoms with Gasteiger partial charge in [-0.3, -0.25) is 9.59 Å². The number of ether oxygens (including phenoxy) is 3. The van der Waals surface area contributed by atoms with Crippen molar-refractivity contribution in [2.45, 2.75) is 180 Å². The van der Waals surface area contributed by atoms with Gasteiger partial charge in [-0.2, -0.15) is 0 Å². The molecule has 0 amide bonds. The fourth-order valence-electron chi connectivity index (χ4n) is 5.59. The molecule has 0 rings (SSSR count). The van der Waals surface area contributed by atoms with Gasteiger partial charge in [-0.25, -0.2) is 0 Å². The second kappa shape index (κ2) is 31.3. The zero-order valence-corrected chi connectivity index (χ0v) is 31.2. The van der Waals surface area contributed by atoms with Crippen LogP contribution >= 0.6 is 0 Å². The van der Waals surface area contributed by atoms with Crippen molar-refractivity contribution in [2.75, 3.05) is 41.0 Å². The zero-order chi connectivity index (χ0) is 35.0. The maximum Gasteiger partial charge on any atom is 0.306 e. The summed E-state index contributed by atoms with van der Waals surface area (Å²) in [5.41, 5.74) is 0. The van der Waals surface area contributed by atoms with Crippen LogP contribution in [0.3, 0.4) is 0 Å². The molecule has 47 heavy (non-hydrogen) atoms. The topological polar surface area (TPSA) is 102 Å². The van der Waals surface area contributed by atoms with Gasteiger partial charge in [-0.05, 0) is 38.5 Å². The van der Waals surface area contributed by atoms with Crippen molar-refractivity contribution in [3.63, 3.8) is 0 Å². The van der Waals surface area contributed by atoms with Crippen LogP contribution in [0, 0.1) is 0 Å². The molecule has 0 heterocycles. The van der Waals surface area contributed by atoms with Gasteiger partial charge in [-0.1, -0.05) is 122 Å². The first-order chi connectivity index (χ1) is 22.6. The number of hydrogen-bond donors (Lipinski definition) is 0. The van der Waals surface area contributed by atoms with E-state index in [1.807, 2.05) is 0 Å². The molecule has 0 aromatic rings. The summed E-state index contributed by atoms with van der Waals surface area (Å²) in [5.74, 6) is -1.75. The lowest BCUT2D eigenvalue weighted by Gasteiger charge is -2.34. The third kappa shape index (κ3) is 29.9. The molecular weight excluding hydrogens is 594 g/mol. The summed E-state index contributed by atoms with van der Waals surface area (Å²) in [4.78, 5) is 36.4. The third-order valence-electron chi connectivity index (χ3n) is 8.65. The van der Waals surface area contributed by atoms with Gasteiger partial charge in [0.25, 0.3) is 0 Å². The molecule has 276 valence electrons. The number of esters is 2. The Labute approximate surface area is 289 Å². The standard InChI is InChI=1S/C39H73NO7/c1-6-8-10-12-14-15-16-17-18-19-20-21-22-23-24-26-28-30-38(42)47-35(33-45-32-31-36(39(43)44)40(3,4)5)34-46-37(41)29-27-25-13-11-9-7-2/h17-18,35-36H,6-16,19-34H2,1-5H3/b18-17-. The number of hydrogen-bond acceptors (Lipinski definition) is 7. The van der Waals surface area contributed by atoms with E-state index < -0.39 is 18.1 Å². The molecule has 0 aliphatic carbocycles. The van der Waals surface area contributed by atoms with E-state index in [9.17, 15) is 19.5 Å². The lowest BCUT2D eigenvalue weighted by Crippen LogP contribution is -2.55. The Kier molecular flexibility index (Phi) is 30.1. The van der Waals surface area contributed by atoms with Crippen molar-refractivity contribution in [3.05, 3.63) is 12.2 Å². The molecule has 0 aromatic heterocycles. The first-order valence-corrected chi connectivity index (χ1v) is 19.2. The number of aliphatic carboxylic acids is 1. The van der Waals surface area contributed by atoms with Crippen LogP contribution in [-0.2, 0) is 28.6 Å². The van der Waals surface area contributed by atoms with Gasteiger partial charge >= 0.3 is 11.9 Å². The van der Waals surface area contributed by atoms with Crippen molar-refractivity contribution in [3.8, 4) is 0 Å². The first kappa shape index (κ1) is 45.1. The molecular formula is C39H73NO7. The largest absolute Gasteiger partial charge is 0.544 e. The molecule has 8 heteroatoms. The molecule has 0 bridgehead atoms. The van der Waals surface area contributed by atoms with Crippen molar-refractivity contribution in [1.82, 2.24) is 0 Å². The van der Waals surface area contributed by atoms with Crippen molar-refractivity contribution in [2.24, 2.45) is 0 Å². The Hall–Kier alpha value is -1.93.